The molecule has 0 N–H and O–H groups in total. The van der Waals surface area contributed by atoms with E-state index in [1.54, 1.807) is 0 Å². The summed E-state index contributed by atoms with van der Waals surface area (Å²) in [5.41, 5.74) is 1.38. The molecule has 1 aliphatic heterocycles. The van der Waals surface area contributed by atoms with E-state index < -0.39 is 0 Å². The second-order valence-electron chi connectivity index (χ2n) is 8.92. The fourth-order valence-electron chi connectivity index (χ4n) is 4.03. The molecule has 0 aliphatic carbocycles. The Morgan fingerprint density at radius 3 is 2.29 bits per heavy atom. The van der Waals surface area contributed by atoms with Gasteiger partial charge in [-0.1, -0.05) is 71.4 Å². The van der Waals surface area contributed by atoms with Crippen molar-refractivity contribution in [3.8, 4) is 5.75 Å². The van der Waals surface area contributed by atoms with Crippen molar-refractivity contribution in [2.24, 2.45) is 5.92 Å². The van der Waals surface area contributed by atoms with Crippen LogP contribution in [0.4, 0.5) is 0 Å². The van der Waals surface area contributed by atoms with E-state index in [0.29, 0.717) is 0 Å². The SMILES string of the molecule is CCCN1CCN(Cc2cccc(OCCCCCCCCC(C)C)c2)CC1. The van der Waals surface area contributed by atoms with E-state index in [-0.39, 0.29) is 0 Å². The first-order chi connectivity index (χ1) is 13.7. The van der Waals surface area contributed by atoms with E-state index in [1.165, 1.54) is 89.7 Å². The molecule has 1 aliphatic rings. The molecular weight excluding hydrogens is 344 g/mol. The molecule has 1 heterocycles. The highest BCUT2D eigenvalue weighted by Crippen LogP contribution is 2.17. The Balaban J connectivity index is 1.56. The molecule has 0 unspecified atom stereocenters. The number of benzene rings is 1. The van der Waals surface area contributed by atoms with Gasteiger partial charge in [0.2, 0.25) is 0 Å². The fourth-order valence-corrected chi connectivity index (χ4v) is 4.03. The van der Waals surface area contributed by atoms with Crippen LogP contribution in [-0.2, 0) is 6.54 Å². The van der Waals surface area contributed by atoms with Crippen molar-refractivity contribution in [3.05, 3.63) is 29.8 Å². The van der Waals surface area contributed by atoms with Gasteiger partial charge in [-0.15, -0.1) is 0 Å². The second kappa shape index (κ2) is 14.0. The minimum atomic E-state index is 0.852. The van der Waals surface area contributed by atoms with Crippen molar-refractivity contribution >= 4 is 0 Å². The maximum absolute atomic E-state index is 6.02. The summed E-state index contributed by atoms with van der Waals surface area (Å²) in [7, 11) is 0. The third-order valence-corrected chi connectivity index (χ3v) is 5.75. The summed E-state index contributed by atoms with van der Waals surface area (Å²) in [6.07, 6.45) is 10.6. The Morgan fingerprint density at radius 2 is 1.57 bits per heavy atom. The third-order valence-electron chi connectivity index (χ3n) is 5.75. The lowest BCUT2D eigenvalue weighted by Crippen LogP contribution is -2.45. The van der Waals surface area contributed by atoms with Gasteiger partial charge in [0, 0.05) is 32.7 Å². The largest absolute Gasteiger partial charge is 0.494 e. The van der Waals surface area contributed by atoms with Crippen LogP contribution in [0.1, 0.15) is 77.7 Å². The maximum Gasteiger partial charge on any atom is 0.119 e. The van der Waals surface area contributed by atoms with Gasteiger partial charge in [0.1, 0.15) is 5.75 Å². The lowest BCUT2D eigenvalue weighted by atomic mass is 10.0. The van der Waals surface area contributed by atoms with Gasteiger partial charge in [-0.05, 0) is 43.0 Å². The predicted octanol–water partition coefficient (Wildman–Crippen LogP) is 5.98. The lowest BCUT2D eigenvalue weighted by Gasteiger charge is -2.34. The zero-order valence-electron chi connectivity index (χ0n) is 18.8. The van der Waals surface area contributed by atoms with Crippen molar-refractivity contribution in [2.75, 3.05) is 39.3 Å². The first kappa shape index (κ1) is 23.2. The van der Waals surface area contributed by atoms with Crippen LogP contribution in [0, 0.1) is 5.92 Å². The Kier molecular flexibility index (Phi) is 11.6. The first-order valence-corrected chi connectivity index (χ1v) is 11.8. The number of nitrogens with zero attached hydrogens (tertiary/aromatic N) is 2. The van der Waals surface area contributed by atoms with Gasteiger partial charge < -0.3 is 9.64 Å². The van der Waals surface area contributed by atoms with Gasteiger partial charge in [0.15, 0.2) is 0 Å². The number of ether oxygens (including phenoxy) is 1. The molecule has 0 spiro atoms. The topological polar surface area (TPSA) is 15.7 Å². The van der Waals surface area contributed by atoms with Crippen molar-refractivity contribution in [3.63, 3.8) is 0 Å². The molecule has 0 amide bonds. The molecule has 0 aromatic heterocycles. The number of hydrogen-bond donors (Lipinski definition) is 0. The van der Waals surface area contributed by atoms with Crippen LogP contribution < -0.4 is 4.74 Å². The van der Waals surface area contributed by atoms with Gasteiger partial charge in [-0.3, -0.25) is 4.90 Å². The Bertz CT molecular complexity index is 509. The van der Waals surface area contributed by atoms with Gasteiger partial charge in [-0.2, -0.15) is 0 Å². The van der Waals surface area contributed by atoms with Crippen LogP contribution in [0.25, 0.3) is 0 Å². The van der Waals surface area contributed by atoms with Crippen molar-refractivity contribution in [1.29, 1.82) is 0 Å². The van der Waals surface area contributed by atoms with Gasteiger partial charge in [0.05, 0.1) is 6.61 Å². The number of hydrogen-bond acceptors (Lipinski definition) is 3. The summed E-state index contributed by atoms with van der Waals surface area (Å²) in [6.45, 7) is 14.8. The van der Waals surface area contributed by atoms with Crippen LogP contribution in [0.2, 0.25) is 0 Å². The molecule has 2 rings (SSSR count). The molecule has 3 nitrogen and oxygen atoms in total. The quantitative estimate of drug-likeness (QED) is 0.365. The lowest BCUT2D eigenvalue weighted by molar-refractivity contribution is 0.127. The van der Waals surface area contributed by atoms with Crippen LogP contribution in [0.15, 0.2) is 24.3 Å². The molecule has 1 aromatic rings. The summed E-state index contributed by atoms with van der Waals surface area (Å²) in [4.78, 5) is 5.16. The fraction of sp³-hybridized carbons (Fsp3) is 0.760. The van der Waals surface area contributed by atoms with E-state index in [2.05, 4.69) is 54.8 Å². The molecule has 0 atom stereocenters. The molecule has 160 valence electrons. The Morgan fingerprint density at radius 1 is 0.893 bits per heavy atom. The standard InChI is InChI=1S/C25H44N2O/c1-4-15-26-16-18-27(19-17-26)22-24-13-11-14-25(21-24)28-20-10-8-6-5-7-9-12-23(2)3/h11,13-14,21,23H,4-10,12,15-20,22H2,1-3H3. The zero-order chi connectivity index (χ0) is 20.0. The molecule has 0 bridgehead atoms. The average molecular weight is 389 g/mol. The second-order valence-corrected chi connectivity index (χ2v) is 8.92. The molecule has 3 heteroatoms. The Hall–Kier alpha value is -1.06. The summed E-state index contributed by atoms with van der Waals surface area (Å²) in [6, 6.07) is 8.73. The van der Waals surface area contributed by atoms with Crippen LogP contribution in [0.3, 0.4) is 0 Å². The molecule has 0 radical (unpaired) electrons. The van der Waals surface area contributed by atoms with Crippen LogP contribution in [-0.4, -0.2) is 49.1 Å². The van der Waals surface area contributed by atoms with Crippen LogP contribution >= 0.6 is 0 Å². The zero-order valence-corrected chi connectivity index (χ0v) is 18.8. The highest BCUT2D eigenvalue weighted by atomic mass is 16.5. The minimum Gasteiger partial charge on any atom is -0.494 e. The van der Waals surface area contributed by atoms with Gasteiger partial charge in [-0.25, -0.2) is 0 Å². The van der Waals surface area contributed by atoms with Gasteiger partial charge >= 0.3 is 0 Å². The highest BCUT2D eigenvalue weighted by Gasteiger charge is 2.16. The number of piperazine rings is 1. The molecular formula is C25H44N2O. The predicted molar refractivity (Wildman–Crippen MR) is 121 cm³/mol. The molecule has 0 saturated carbocycles. The first-order valence-electron chi connectivity index (χ1n) is 11.8. The van der Waals surface area contributed by atoms with Crippen molar-refractivity contribution < 1.29 is 4.74 Å². The van der Waals surface area contributed by atoms with E-state index >= 15 is 0 Å². The van der Waals surface area contributed by atoms with Crippen molar-refractivity contribution in [1.82, 2.24) is 9.80 Å². The molecule has 28 heavy (non-hydrogen) atoms. The summed E-state index contributed by atoms with van der Waals surface area (Å²) in [5, 5.41) is 0. The normalized spacial score (nSPS) is 16.0. The van der Waals surface area contributed by atoms with Gasteiger partial charge in [0.25, 0.3) is 0 Å². The molecule has 1 saturated heterocycles. The van der Waals surface area contributed by atoms with Crippen molar-refractivity contribution in [2.45, 2.75) is 78.7 Å². The maximum atomic E-state index is 6.02. The smallest absolute Gasteiger partial charge is 0.119 e. The van der Waals surface area contributed by atoms with E-state index in [9.17, 15) is 0 Å². The summed E-state index contributed by atoms with van der Waals surface area (Å²) >= 11 is 0. The summed E-state index contributed by atoms with van der Waals surface area (Å²) < 4.78 is 6.02. The van der Waals surface area contributed by atoms with E-state index in [0.717, 1.165) is 24.8 Å². The number of unbranched alkanes of at least 4 members (excludes halogenated alkanes) is 5. The molecule has 1 aromatic carbocycles. The molecule has 1 fully saturated rings. The Labute approximate surface area is 174 Å². The summed E-state index contributed by atoms with van der Waals surface area (Å²) in [5.74, 6) is 1.90. The van der Waals surface area contributed by atoms with Crippen LogP contribution in [0.5, 0.6) is 5.75 Å². The minimum absolute atomic E-state index is 0.852. The van der Waals surface area contributed by atoms with E-state index in [4.69, 9.17) is 4.74 Å². The third kappa shape index (κ3) is 9.93. The highest BCUT2D eigenvalue weighted by molar-refractivity contribution is 5.28. The van der Waals surface area contributed by atoms with E-state index in [1.807, 2.05) is 0 Å². The average Bonchev–Trinajstić information content (AvgIpc) is 2.68. The monoisotopic (exact) mass is 388 g/mol. The number of rotatable bonds is 14.